The zero-order valence-electron chi connectivity index (χ0n) is 13.2. The molecule has 0 fully saturated rings. The van der Waals surface area contributed by atoms with Crippen molar-refractivity contribution >= 4 is 5.71 Å². The third kappa shape index (κ3) is 2.52. The average Bonchev–Trinajstić information content (AvgIpc) is 3.34. The van der Waals surface area contributed by atoms with Gasteiger partial charge in [-0.1, -0.05) is 29.8 Å². The minimum atomic E-state index is 0.128. The first-order valence-electron chi connectivity index (χ1n) is 7.12. The van der Waals surface area contributed by atoms with Crippen LogP contribution in [0.15, 0.2) is 41.4 Å². The molecule has 0 spiro atoms. The van der Waals surface area contributed by atoms with Gasteiger partial charge in [0.1, 0.15) is 6.04 Å². The van der Waals surface area contributed by atoms with Crippen LogP contribution in [0.3, 0.4) is 0 Å². The smallest absolute Gasteiger partial charge is 0.203 e. The van der Waals surface area contributed by atoms with E-state index in [9.17, 15) is 0 Å². The van der Waals surface area contributed by atoms with E-state index < -0.39 is 0 Å². The van der Waals surface area contributed by atoms with E-state index in [1.165, 1.54) is 11.1 Å². The molecule has 0 N–H and O–H groups in total. The average molecular weight is 297 g/mol. The van der Waals surface area contributed by atoms with Crippen molar-refractivity contribution in [1.82, 2.24) is 0 Å². The number of hydrogen-bond donors (Lipinski definition) is 0. The van der Waals surface area contributed by atoms with Gasteiger partial charge in [-0.2, -0.15) is 0 Å². The molecule has 0 aromatic heterocycles. The van der Waals surface area contributed by atoms with Gasteiger partial charge in [0.25, 0.3) is 0 Å². The summed E-state index contributed by atoms with van der Waals surface area (Å²) in [5.41, 5.74) is 4.50. The first kappa shape index (κ1) is 14.4. The van der Waals surface area contributed by atoms with Crippen molar-refractivity contribution in [2.45, 2.75) is 13.0 Å². The summed E-state index contributed by atoms with van der Waals surface area (Å²) < 4.78 is 16.1. The molecule has 0 radical (unpaired) electrons. The molecule has 0 saturated carbocycles. The molecule has 2 aromatic carbocycles. The monoisotopic (exact) mass is 297 g/mol. The molecule has 1 atom stereocenters. The third-order valence-electron chi connectivity index (χ3n) is 3.81. The fraction of sp³-hybridized carbons (Fsp3) is 0.278. The van der Waals surface area contributed by atoms with E-state index >= 15 is 0 Å². The molecule has 4 nitrogen and oxygen atoms in total. The zero-order valence-corrected chi connectivity index (χ0v) is 13.2. The van der Waals surface area contributed by atoms with Crippen molar-refractivity contribution in [3.8, 4) is 17.2 Å². The Morgan fingerprint density at radius 3 is 1.95 bits per heavy atom. The Labute approximate surface area is 130 Å². The highest BCUT2D eigenvalue weighted by Gasteiger charge is 2.32. The Balaban J connectivity index is 1.90. The van der Waals surface area contributed by atoms with E-state index in [-0.39, 0.29) is 6.04 Å². The minimum Gasteiger partial charge on any atom is -0.493 e. The molecule has 0 amide bonds. The van der Waals surface area contributed by atoms with E-state index in [4.69, 9.17) is 14.2 Å². The van der Waals surface area contributed by atoms with Gasteiger partial charge in [-0.3, -0.25) is 4.99 Å². The van der Waals surface area contributed by atoms with Crippen molar-refractivity contribution in [2.24, 2.45) is 4.99 Å². The molecule has 4 heteroatoms. The molecule has 1 heterocycles. The first-order chi connectivity index (χ1) is 10.7. The highest BCUT2D eigenvalue weighted by molar-refractivity contribution is 6.14. The number of rotatable bonds is 5. The number of methoxy groups -OCH3 is 3. The highest BCUT2D eigenvalue weighted by Crippen LogP contribution is 2.42. The molecule has 114 valence electrons. The van der Waals surface area contributed by atoms with Gasteiger partial charge >= 0.3 is 0 Å². The van der Waals surface area contributed by atoms with Crippen LogP contribution in [0.1, 0.15) is 22.7 Å². The van der Waals surface area contributed by atoms with Crippen molar-refractivity contribution in [1.29, 1.82) is 0 Å². The van der Waals surface area contributed by atoms with Crippen molar-refractivity contribution in [3.63, 3.8) is 0 Å². The number of hydrogen-bond acceptors (Lipinski definition) is 4. The number of aryl methyl sites for hydroxylation is 1. The molecule has 3 rings (SSSR count). The second-order valence-corrected chi connectivity index (χ2v) is 5.24. The van der Waals surface area contributed by atoms with Gasteiger partial charge in [0.15, 0.2) is 11.5 Å². The Bertz CT molecular complexity index is 695. The van der Waals surface area contributed by atoms with Crippen LogP contribution in [0.2, 0.25) is 0 Å². The maximum atomic E-state index is 5.39. The molecular weight excluding hydrogens is 278 g/mol. The fourth-order valence-electron chi connectivity index (χ4n) is 2.54. The lowest BCUT2D eigenvalue weighted by molar-refractivity contribution is 0.324. The Kier molecular flexibility index (Phi) is 3.75. The van der Waals surface area contributed by atoms with E-state index in [0.29, 0.717) is 17.2 Å². The summed E-state index contributed by atoms with van der Waals surface area (Å²) in [6.07, 6.45) is 0. The van der Waals surface area contributed by atoms with Gasteiger partial charge in [-0.15, -0.1) is 0 Å². The first-order valence-corrected chi connectivity index (χ1v) is 7.12. The second kappa shape index (κ2) is 5.72. The van der Waals surface area contributed by atoms with Crippen LogP contribution in [0.5, 0.6) is 17.2 Å². The third-order valence-corrected chi connectivity index (χ3v) is 3.81. The van der Waals surface area contributed by atoms with E-state index in [0.717, 1.165) is 11.3 Å². The van der Waals surface area contributed by atoms with Crippen LogP contribution in [-0.4, -0.2) is 27.0 Å². The summed E-state index contributed by atoms with van der Waals surface area (Å²) in [6.45, 7) is 2.08. The quantitative estimate of drug-likeness (QED) is 0.847. The lowest BCUT2D eigenvalue weighted by Crippen LogP contribution is -1.99. The van der Waals surface area contributed by atoms with Crippen LogP contribution in [0, 0.1) is 6.92 Å². The Hall–Kier alpha value is -2.49. The largest absolute Gasteiger partial charge is 0.493 e. The van der Waals surface area contributed by atoms with Crippen LogP contribution in [0.4, 0.5) is 0 Å². The maximum Gasteiger partial charge on any atom is 0.203 e. The van der Waals surface area contributed by atoms with Gasteiger partial charge < -0.3 is 14.2 Å². The second-order valence-electron chi connectivity index (χ2n) is 5.24. The molecular formula is C18H19NO3. The Morgan fingerprint density at radius 2 is 1.45 bits per heavy atom. The predicted octanol–water partition coefficient (Wildman–Crippen LogP) is 3.56. The molecule has 2 aromatic rings. The summed E-state index contributed by atoms with van der Waals surface area (Å²) in [5, 5.41) is 0. The van der Waals surface area contributed by atoms with E-state index in [1.54, 1.807) is 21.3 Å². The molecule has 0 bridgehead atoms. The lowest BCUT2D eigenvalue weighted by atomic mass is 10.0. The SMILES string of the molecule is COc1cc(C2=NC2c2ccc(C)cc2)cc(OC)c1OC. The van der Waals surface area contributed by atoms with Gasteiger partial charge in [0.2, 0.25) is 5.75 Å². The molecule has 22 heavy (non-hydrogen) atoms. The fourth-order valence-corrected chi connectivity index (χ4v) is 2.54. The van der Waals surface area contributed by atoms with Crippen molar-refractivity contribution in [3.05, 3.63) is 53.1 Å². The van der Waals surface area contributed by atoms with Gasteiger partial charge in [0.05, 0.1) is 27.0 Å². The van der Waals surface area contributed by atoms with Crippen LogP contribution < -0.4 is 14.2 Å². The van der Waals surface area contributed by atoms with Crippen LogP contribution in [0.25, 0.3) is 0 Å². The molecule has 0 aliphatic carbocycles. The summed E-state index contributed by atoms with van der Waals surface area (Å²) in [7, 11) is 4.84. The van der Waals surface area contributed by atoms with Crippen LogP contribution >= 0.6 is 0 Å². The molecule has 1 aliphatic rings. The number of ether oxygens (including phenoxy) is 3. The number of benzene rings is 2. The minimum absolute atomic E-state index is 0.128. The predicted molar refractivity (Wildman–Crippen MR) is 86.6 cm³/mol. The highest BCUT2D eigenvalue weighted by atomic mass is 16.5. The normalized spacial score (nSPS) is 16.0. The van der Waals surface area contributed by atoms with E-state index in [1.807, 2.05) is 12.1 Å². The standard InChI is InChI=1S/C18H19NO3/c1-11-5-7-12(8-6-11)16-17(19-16)13-9-14(20-2)18(22-4)15(10-13)21-3/h5-10,16H,1-4H3. The summed E-state index contributed by atoms with van der Waals surface area (Å²) in [4.78, 5) is 4.60. The zero-order chi connectivity index (χ0) is 15.7. The summed E-state index contributed by atoms with van der Waals surface area (Å²) in [5.74, 6) is 1.89. The van der Waals surface area contributed by atoms with Crippen molar-refractivity contribution < 1.29 is 14.2 Å². The Morgan fingerprint density at radius 1 is 0.864 bits per heavy atom. The van der Waals surface area contributed by atoms with Crippen molar-refractivity contribution in [2.75, 3.05) is 21.3 Å². The topological polar surface area (TPSA) is 40.0 Å². The maximum absolute atomic E-state index is 5.39. The summed E-state index contributed by atoms with van der Waals surface area (Å²) in [6, 6.07) is 12.5. The number of aliphatic imine (C=N–C) groups is 1. The van der Waals surface area contributed by atoms with Gasteiger partial charge in [-0.25, -0.2) is 0 Å². The van der Waals surface area contributed by atoms with E-state index in [2.05, 4.69) is 36.2 Å². The van der Waals surface area contributed by atoms with Crippen LogP contribution in [-0.2, 0) is 0 Å². The molecule has 1 unspecified atom stereocenters. The van der Waals surface area contributed by atoms with Gasteiger partial charge in [0, 0.05) is 5.56 Å². The number of nitrogens with zero attached hydrogens (tertiary/aromatic N) is 1. The summed E-state index contributed by atoms with van der Waals surface area (Å²) >= 11 is 0. The molecule has 1 aliphatic heterocycles. The molecule has 0 saturated heterocycles. The van der Waals surface area contributed by atoms with Gasteiger partial charge in [-0.05, 0) is 24.6 Å². The lowest BCUT2D eigenvalue weighted by Gasteiger charge is -2.13.